The number of amides is 1. The van der Waals surface area contributed by atoms with Crippen LogP contribution < -0.4 is 0 Å². The normalized spacial score (nSPS) is 20.1. The molecule has 5 heteroatoms. The van der Waals surface area contributed by atoms with Crippen LogP contribution in [0, 0.1) is 3.57 Å². The average molecular weight is 394 g/mol. The Hall–Kier alpha value is -0.490. The Labute approximate surface area is 132 Å². The first kappa shape index (κ1) is 14.9. The number of carbonyl (C=O) groups is 1. The van der Waals surface area contributed by atoms with Gasteiger partial charge in [0.15, 0.2) is 0 Å². The first-order valence-electron chi connectivity index (χ1n) is 6.49. The summed E-state index contributed by atoms with van der Waals surface area (Å²) < 4.78 is 0.749. The van der Waals surface area contributed by atoms with Gasteiger partial charge in [-0.05, 0) is 53.6 Å². The van der Waals surface area contributed by atoms with E-state index < -0.39 is 0 Å². The predicted molar refractivity (Wildman–Crippen MR) is 84.8 cm³/mol. The number of hydrogen-bond donors (Lipinski definition) is 1. The van der Waals surface area contributed by atoms with Crippen molar-refractivity contribution >= 4 is 40.1 Å². The summed E-state index contributed by atoms with van der Waals surface area (Å²) >= 11 is 8.03. The van der Waals surface area contributed by atoms with Gasteiger partial charge < -0.3 is 10.0 Å². The van der Waals surface area contributed by atoms with Crippen molar-refractivity contribution in [3.8, 4) is 5.75 Å². The molecule has 0 bridgehead atoms. The topological polar surface area (TPSA) is 40.5 Å². The zero-order valence-corrected chi connectivity index (χ0v) is 13.5. The highest BCUT2D eigenvalue weighted by atomic mass is 127. The van der Waals surface area contributed by atoms with E-state index in [2.05, 4.69) is 0 Å². The van der Waals surface area contributed by atoms with Gasteiger partial charge in [0.05, 0.1) is 3.57 Å². The number of benzene rings is 1. The molecule has 0 spiro atoms. The number of halogens is 2. The van der Waals surface area contributed by atoms with Crippen LogP contribution in [-0.4, -0.2) is 34.4 Å². The Bertz CT molecular complexity index is 467. The van der Waals surface area contributed by atoms with Crippen molar-refractivity contribution < 1.29 is 9.90 Å². The van der Waals surface area contributed by atoms with Crippen molar-refractivity contribution in [1.29, 1.82) is 0 Å². The molecule has 3 nitrogen and oxygen atoms in total. The maximum Gasteiger partial charge on any atom is 0.254 e. The lowest BCUT2D eigenvalue weighted by atomic mass is 10.1. The molecule has 0 aromatic heterocycles. The number of phenolic OH excluding ortho intramolecular Hbond substituents is 1. The van der Waals surface area contributed by atoms with Gasteiger partial charge in [0.2, 0.25) is 0 Å². The highest BCUT2D eigenvalue weighted by Gasteiger charge is 2.25. The van der Waals surface area contributed by atoms with E-state index in [4.69, 9.17) is 11.6 Å². The van der Waals surface area contributed by atoms with Gasteiger partial charge in [0, 0.05) is 24.0 Å². The fraction of sp³-hybridized carbons (Fsp3) is 0.500. The number of rotatable bonds is 2. The van der Waals surface area contributed by atoms with E-state index in [1.807, 2.05) is 27.5 Å². The minimum Gasteiger partial charge on any atom is -0.507 e. The highest BCUT2D eigenvalue weighted by Crippen LogP contribution is 2.24. The van der Waals surface area contributed by atoms with E-state index in [1.165, 1.54) is 0 Å². The summed E-state index contributed by atoms with van der Waals surface area (Å²) in [6, 6.07) is 5.18. The predicted octanol–water partition coefficient (Wildman–Crippen LogP) is 3.62. The molecular formula is C14H17ClINO2. The Morgan fingerprint density at radius 1 is 1.42 bits per heavy atom. The zero-order valence-electron chi connectivity index (χ0n) is 10.6. The summed E-state index contributed by atoms with van der Waals surface area (Å²) in [6.45, 7) is 0.753. The summed E-state index contributed by atoms with van der Waals surface area (Å²) in [5, 5.41) is 9.72. The summed E-state index contributed by atoms with van der Waals surface area (Å²) in [7, 11) is 0. The van der Waals surface area contributed by atoms with Crippen molar-refractivity contribution in [3.63, 3.8) is 0 Å². The lowest BCUT2D eigenvalue weighted by Gasteiger charge is -2.28. The Morgan fingerprint density at radius 2 is 2.21 bits per heavy atom. The molecule has 1 amide bonds. The zero-order chi connectivity index (χ0) is 13.8. The van der Waals surface area contributed by atoms with Crippen LogP contribution in [0.25, 0.3) is 0 Å². The minimum atomic E-state index is -0.0285. The third-order valence-electron chi connectivity index (χ3n) is 3.51. The van der Waals surface area contributed by atoms with Crippen molar-refractivity contribution in [3.05, 3.63) is 27.3 Å². The van der Waals surface area contributed by atoms with Crippen LogP contribution in [0.5, 0.6) is 5.75 Å². The number of phenols is 1. The Kier molecular flexibility index (Phi) is 5.33. The second-order valence-corrected chi connectivity index (χ2v) is 6.29. The maximum absolute atomic E-state index is 12.5. The summed E-state index contributed by atoms with van der Waals surface area (Å²) in [5.41, 5.74) is 0.537. The largest absolute Gasteiger partial charge is 0.507 e. The minimum absolute atomic E-state index is 0.0285. The van der Waals surface area contributed by atoms with E-state index in [0.29, 0.717) is 11.4 Å². The van der Waals surface area contributed by atoms with E-state index >= 15 is 0 Å². The molecule has 0 radical (unpaired) electrons. The van der Waals surface area contributed by atoms with Gasteiger partial charge in [0.25, 0.3) is 5.91 Å². The van der Waals surface area contributed by atoms with Crippen LogP contribution >= 0.6 is 34.2 Å². The third-order valence-corrected chi connectivity index (χ3v) is 4.78. The molecule has 0 aliphatic carbocycles. The lowest BCUT2D eigenvalue weighted by Crippen LogP contribution is -2.41. The van der Waals surface area contributed by atoms with Gasteiger partial charge in [-0.3, -0.25) is 4.79 Å². The molecule has 104 valence electrons. The standard InChI is InChI=1S/C14H17ClINO2/c15-9-11-4-2-1-3-7-17(11)14(19)10-5-6-12(16)13(18)8-10/h5-6,8,11,18H,1-4,7,9H2. The van der Waals surface area contributed by atoms with Crippen molar-refractivity contribution in [2.75, 3.05) is 12.4 Å². The Balaban J connectivity index is 2.22. The molecule has 1 saturated heterocycles. The highest BCUT2D eigenvalue weighted by molar-refractivity contribution is 14.1. The number of carbonyl (C=O) groups excluding carboxylic acids is 1. The van der Waals surface area contributed by atoms with Gasteiger partial charge in [-0.15, -0.1) is 11.6 Å². The first-order chi connectivity index (χ1) is 9.13. The van der Waals surface area contributed by atoms with Crippen LogP contribution in [0.2, 0.25) is 0 Å². The van der Waals surface area contributed by atoms with E-state index in [0.717, 1.165) is 35.8 Å². The summed E-state index contributed by atoms with van der Waals surface area (Å²) in [4.78, 5) is 14.4. The van der Waals surface area contributed by atoms with Gasteiger partial charge in [-0.1, -0.05) is 12.8 Å². The monoisotopic (exact) mass is 393 g/mol. The molecular weight excluding hydrogens is 377 g/mol. The number of likely N-dealkylation sites (tertiary alicyclic amines) is 1. The van der Waals surface area contributed by atoms with Crippen molar-refractivity contribution in [2.24, 2.45) is 0 Å². The van der Waals surface area contributed by atoms with Crippen LogP contribution in [-0.2, 0) is 0 Å². The molecule has 1 atom stereocenters. The van der Waals surface area contributed by atoms with E-state index in [9.17, 15) is 9.90 Å². The quantitative estimate of drug-likeness (QED) is 0.616. The maximum atomic E-state index is 12.5. The van der Waals surface area contributed by atoms with Gasteiger partial charge in [-0.2, -0.15) is 0 Å². The molecule has 19 heavy (non-hydrogen) atoms. The van der Waals surface area contributed by atoms with Crippen molar-refractivity contribution in [1.82, 2.24) is 4.90 Å². The molecule has 1 fully saturated rings. The first-order valence-corrected chi connectivity index (χ1v) is 8.10. The average Bonchev–Trinajstić information content (AvgIpc) is 2.66. The van der Waals surface area contributed by atoms with Gasteiger partial charge >= 0.3 is 0 Å². The molecule has 2 rings (SSSR count). The molecule has 1 heterocycles. The second-order valence-electron chi connectivity index (χ2n) is 4.82. The summed E-state index contributed by atoms with van der Waals surface area (Å²) in [5.74, 6) is 0.602. The van der Waals surface area contributed by atoms with Crippen LogP contribution in [0.15, 0.2) is 18.2 Å². The smallest absolute Gasteiger partial charge is 0.254 e. The van der Waals surface area contributed by atoms with Crippen molar-refractivity contribution in [2.45, 2.75) is 31.7 Å². The van der Waals surface area contributed by atoms with E-state index in [-0.39, 0.29) is 17.7 Å². The van der Waals surface area contributed by atoms with Gasteiger partial charge in [-0.25, -0.2) is 0 Å². The molecule has 1 unspecified atom stereocenters. The lowest BCUT2D eigenvalue weighted by molar-refractivity contribution is 0.0700. The fourth-order valence-corrected chi connectivity index (χ4v) is 3.07. The molecule has 1 N–H and O–H groups in total. The summed E-state index contributed by atoms with van der Waals surface area (Å²) in [6.07, 6.45) is 4.26. The third kappa shape index (κ3) is 3.54. The van der Waals surface area contributed by atoms with Crippen LogP contribution in [0.4, 0.5) is 0 Å². The number of hydrogen-bond acceptors (Lipinski definition) is 2. The fourth-order valence-electron chi connectivity index (χ4n) is 2.42. The molecule has 1 aromatic carbocycles. The molecule has 1 aromatic rings. The number of alkyl halides is 1. The SMILES string of the molecule is O=C(c1ccc(I)c(O)c1)N1CCCCCC1CCl. The Morgan fingerprint density at radius 3 is 2.89 bits per heavy atom. The molecule has 0 saturated carbocycles. The van der Waals surface area contributed by atoms with Crippen LogP contribution in [0.1, 0.15) is 36.0 Å². The van der Waals surface area contributed by atoms with Crippen LogP contribution in [0.3, 0.4) is 0 Å². The van der Waals surface area contributed by atoms with E-state index in [1.54, 1.807) is 18.2 Å². The number of nitrogens with zero attached hydrogens (tertiary/aromatic N) is 1. The van der Waals surface area contributed by atoms with Gasteiger partial charge in [0.1, 0.15) is 5.75 Å². The molecule has 1 aliphatic rings. The molecule has 1 aliphatic heterocycles. The number of aromatic hydroxyl groups is 1. The second kappa shape index (κ2) is 6.79.